The van der Waals surface area contributed by atoms with Gasteiger partial charge in [0.05, 0.1) is 0 Å². The quantitative estimate of drug-likeness (QED) is 0.795. The molecule has 0 saturated heterocycles. The van der Waals surface area contributed by atoms with Crippen LogP contribution in [0.1, 0.15) is 26.0 Å². The number of rotatable bonds is 5. The summed E-state index contributed by atoms with van der Waals surface area (Å²) in [5.74, 6) is -0.551. The van der Waals surface area contributed by atoms with E-state index in [1.807, 2.05) is 19.9 Å². The second-order valence-electron chi connectivity index (χ2n) is 4.04. The Morgan fingerprint density at radius 3 is 2.88 bits per heavy atom. The van der Waals surface area contributed by atoms with Crippen LogP contribution in [0.15, 0.2) is 12.3 Å². The Kier molecular flexibility index (Phi) is 4.40. The summed E-state index contributed by atoms with van der Waals surface area (Å²) in [6.07, 6.45) is 1.89. The summed E-state index contributed by atoms with van der Waals surface area (Å²) < 4.78 is 0. The van der Waals surface area contributed by atoms with Crippen LogP contribution in [0.5, 0.6) is 0 Å². The molecule has 0 bridgehead atoms. The summed E-state index contributed by atoms with van der Waals surface area (Å²) >= 11 is 0. The molecule has 0 amide bonds. The highest BCUT2D eigenvalue weighted by Crippen LogP contribution is 2.10. The molecule has 0 fully saturated rings. The van der Waals surface area contributed by atoms with Crippen LogP contribution >= 0.6 is 0 Å². The van der Waals surface area contributed by atoms with E-state index in [1.165, 1.54) is 12.3 Å². The predicted molar refractivity (Wildman–Crippen MR) is 61.2 cm³/mol. The fourth-order valence-electron chi connectivity index (χ4n) is 1.34. The molecular formula is C11H14N4O2. The van der Waals surface area contributed by atoms with Crippen LogP contribution in [0, 0.1) is 17.2 Å². The molecule has 6 heteroatoms. The van der Waals surface area contributed by atoms with Gasteiger partial charge in [0.1, 0.15) is 17.8 Å². The van der Waals surface area contributed by atoms with Crippen molar-refractivity contribution in [3.05, 3.63) is 18.0 Å². The molecule has 1 aromatic rings. The lowest BCUT2D eigenvalue weighted by molar-refractivity contribution is -0.138. The van der Waals surface area contributed by atoms with Crippen molar-refractivity contribution in [2.24, 2.45) is 5.92 Å². The summed E-state index contributed by atoms with van der Waals surface area (Å²) in [5, 5.41) is 20.4. The number of nitrogens with zero attached hydrogens (tertiary/aromatic N) is 3. The van der Waals surface area contributed by atoms with Crippen molar-refractivity contribution in [3.63, 3.8) is 0 Å². The minimum Gasteiger partial charge on any atom is -0.480 e. The van der Waals surface area contributed by atoms with E-state index in [4.69, 9.17) is 10.4 Å². The van der Waals surface area contributed by atoms with Gasteiger partial charge in [-0.2, -0.15) is 5.26 Å². The number of carbonyl (C=O) groups is 1. The van der Waals surface area contributed by atoms with Crippen molar-refractivity contribution >= 4 is 11.9 Å². The standard InChI is InChI=1S/C11H14N4O2/c1-7(2)5-9(10(16)17)15-11-13-4-3-8(6-12)14-11/h3-4,7,9H,5H2,1-2H3,(H,16,17)(H,13,14,15)/t9-/m1/s1. The number of hydrogen-bond donors (Lipinski definition) is 2. The Bertz CT molecular complexity index is 439. The maximum absolute atomic E-state index is 11.0. The van der Waals surface area contributed by atoms with Crippen molar-refractivity contribution < 1.29 is 9.90 Å². The zero-order valence-corrected chi connectivity index (χ0v) is 9.71. The molecule has 1 heterocycles. The van der Waals surface area contributed by atoms with E-state index in [2.05, 4.69) is 15.3 Å². The minimum atomic E-state index is -0.954. The third-order valence-corrected chi connectivity index (χ3v) is 2.08. The topological polar surface area (TPSA) is 98.9 Å². The number of aliphatic carboxylic acids is 1. The monoisotopic (exact) mass is 234 g/mol. The smallest absolute Gasteiger partial charge is 0.326 e. The van der Waals surface area contributed by atoms with Crippen LogP contribution in [-0.2, 0) is 4.79 Å². The van der Waals surface area contributed by atoms with Gasteiger partial charge in [-0.1, -0.05) is 13.8 Å². The molecule has 0 aromatic carbocycles. The molecule has 0 unspecified atom stereocenters. The second kappa shape index (κ2) is 5.80. The average molecular weight is 234 g/mol. The largest absolute Gasteiger partial charge is 0.480 e. The zero-order chi connectivity index (χ0) is 12.8. The molecule has 0 aliphatic heterocycles. The summed E-state index contributed by atoms with van der Waals surface area (Å²) in [6.45, 7) is 3.87. The molecule has 17 heavy (non-hydrogen) atoms. The van der Waals surface area contributed by atoms with Gasteiger partial charge >= 0.3 is 5.97 Å². The molecule has 1 aromatic heterocycles. The third kappa shape index (κ3) is 4.07. The number of hydrogen-bond acceptors (Lipinski definition) is 5. The summed E-state index contributed by atoms with van der Waals surface area (Å²) in [5.41, 5.74) is 0.205. The van der Waals surface area contributed by atoms with Gasteiger partial charge in [0.2, 0.25) is 5.95 Å². The first-order chi connectivity index (χ1) is 8.02. The summed E-state index contributed by atoms with van der Waals surface area (Å²) in [4.78, 5) is 18.8. The molecule has 0 aliphatic carbocycles. The first-order valence-corrected chi connectivity index (χ1v) is 5.25. The molecule has 1 rings (SSSR count). The Hall–Kier alpha value is -2.16. The van der Waals surface area contributed by atoms with Crippen molar-refractivity contribution in [1.29, 1.82) is 5.26 Å². The molecule has 90 valence electrons. The van der Waals surface area contributed by atoms with Crippen LogP contribution in [-0.4, -0.2) is 27.1 Å². The molecule has 0 radical (unpaired) electrons. The van der Waals surface area contributed by atoms with Crippen molar-refractivity contribution in [2.45, 2.75) is 26.3 Å². The lowest BCUT2D eigenvalue weighted by Gasteiger charge is -2.16. The molecule has 0 aliphatic rings. The van der Waals surface area contributed by atoms with E-state index >= 15 is 0 Å². The average Bonchev–Trinajstić information content (AvgIpc) is 2.27. The lowest BCUT2D eigenvalue weighted by Crippen LogP contribution is -2.31. The Morgan fingerprint density at radius 2 is 2.35 bits per heavy atom. The highest BCUT2D eigenvalue weighted by Gasteiger charge is 2.19. The number of carboxylic acids is 1. The van der Waals surface area contributed by atoms with Crippen molar-refractivity contribution in [2.75, 3.05) is 5.32 Å². The van der Waals surface area contributed by atoms with E-state index in [9.17, 15) is 4.79 Å². The number of anilines is 1. The van der Waals surface area contributed by atoms with Crippen LogP contribution < -0.4 is 5.32 Å². The third-order valence-electron chi connectivity index (χ3n) is 2.08. The summed E-state index contributed by atoms with van der Waals surface area (Å²) in [7, 11) is 0. The first kappa shape index (κ1) is 12.9. The normalized spacial score (nSPS) is 11.9. The summed E-state index contributed by atoms with van der Waals surface area (Å²) in [6, 6.07) is 2.59. The molecule has 0 spiro atoms. The van der Waals surface area contributed by atoms with Crippen LogP contribution in [0.25, 0.3) is 0 Å². The molecule has 1 atom stereocenters. The molecular weight excluding hydrogens is 220 g/mol. The van der Waals surface area contributed by atoms with E-state index in [-0.39, 0.29) is 17.6 Å². The maximum atomic E-state index is 11.0. The molecule has 0 saturated carbocycles. The van der Waals surface area contributed by atoms with Gasteiger partial charge in [0.15, 0.2) is 0 Å². The Labute approximate surface area is 99.3 Å². The van der Waals surface area contributed by atoms with Gasteiger partial charge in [-0.05, 0) is 18.4 Å². The van der Waals surface area contributed by atoms with E-state index < -0.39 is 12.0 Å². The van der Waals surface area contributed by atoms with Crippen LogP contribution in [0.4, 0.5) is 5.95 Å². The number of nitrogens with one attached hydrogen (secondary N) is 1. The van der Waals surface area contributed by atoms with Crippen LogP contribution in [0.2, 0.25) is 0 Å². The Morgan fingerprint density at radius 1 is 1.65 bits per heavy atom. The first-order valence-electron chi connectivity index (χ1n) is 5.25. The highest BCUT2D eigenvalue weighted by molar-refractivity contribution is 5.76. The van der Waals surface area contributed by atoms with Gasteiger partial charge in [-0.15, -0.1) is 0 Å². The van der Waals surface area contributed by atoms with Gasteiger partial charge < -0.3 is 10.4 Å². The minimum absolute atomic E-state index is 0.164. The molecule has 6 nitrogen and oxygen atoms in total. The van der Waals surface area contributed by atoms with E-state index in [0.29, 0.717) is 6.42 Å². The van der Waals surface area contributed by atoms with E-state index in [0.717, 1.165) is 0 Å². The fourth-order valence-corrected chi connectivity index (χ4v) is 1.34. The number of nitriles is 1. The van der Waals surface area contributed by atoms with Crippen molar-refractivity contribution in [3.8, 4) is 6.07 Å². The SMILES string of the molecule is CC(C)C[C@@H](Nc1nccc(C#N)n1)C(=O)O. The zero-order valence-electron chi connectivity index (χ0n) is 9.71. The van der Waals surface area contributed by atoms with Gasteiger partial charge in [-0.25, -0.2) is 14.8 Å². The number of aromatic nitrogens is 2. The molecule has 2 N–H and O–H groups in total. The maximum Gasteiger partial charge on any atom is 0.326 e. The van der Waals surface area contributed by atoms with E-state index in [1.54, 1.807) is 0 Å². The van der Waals surface area contributed by atoms with Crippen LogP contribution in [0.3, 0.4) is 0 Å². The van der Waals surface area contributed by atoms with Crippen molar-refractivity contribution in [1.82, 2.24) is 9.97 Å². The van der Waals surface area contributed by atoms with Gasteiger partial charge in [0, 0.05) is 6.20 Å². The second-order valence-corrected chi connectivity index (χ2v) is 4.04. The fraction of sp³-hybridized carbons (Fsp3) is 0.455. The van der Waals surface area contributed by atoms with Gasteiger partial charge in [0.25, 0.3) is 0 Å². The highest BCUT2D eigenvalue weighted by atomic mass is 16.4. The van der Waals surface area contributed by atoms with Gasteiger partial charge in [-0.3, -0.25) is 0 Å². The number of carboxylic acid groups (broad SMARTS) is 1. The Balaban J connectivity index is 2.79. The lowest BCUT2D eigenvalue weighted by atomic mass is 10.0. The predicted octanol–water partition coefficient (Wildman–Crippen LogP) is 1.26.